The lowest BCUT2D eigenvalue weighted by molar-refractivity contribution is -0.143. The van der Waals surface area contributed by atoms with E-state index >= 15 is 0 Å². The van der Waals surface area contributed by atoms with E-state index in [9.17, 15) is 14.4 Å². The summed E-state index contributed by atoms with van der Waals surface area (Å²) in [5.74, 6) is -0.531. The van der Waals surface area contributed by atoms with Crippen LogP contribution in [0.1, 0.15) is 47.0 Å². The molecule has 0 radical (unpaired) electrons. The van der Waals surface area contributed by atoms with E-state index in [0.717, 1.165) is 17.3 Å². The van der Waals surface area contributed by atoms with Gasteiger partial charge in [0.25, 0.3) is 5.91 Å². The third-order valence-corrected chi connectivity index (χ3v) is 3.80. The van der Waals surface area contributed by atoms with Crippen molar-refractivity contribution < 1.29 is 19.1 Å². The lowest BCUT2D eigenvalue weighted by Gasteiger charge is -2.08. The number of aldehydes is 1. The zero-order valence-corrected chi connectivity index (χ0v) is 14.0. The Bertz CT molecular complexity index is 749. The number of aromatic nitrogens is 1. The molecule has 0 bridgehead atoms. The van der Waals surface area contributed by atoms with Crippen LogP contribution in [0.3, 0.4) is 0 Å². The minimum absolute atomic E-state index is 0.222. The predicted molar refractivity (Wildman–Crippen MR) is 91.1 cm³/mol. The normalized spacial score (nSPS) is 10.6. The molecule has 0 saturated carbocycles. The van der Waals surface area contributed by atoms with Crippen molar-refractivity contribution in [3.63, 3.8) is 0 Å². The fourth-order valence-corrected chi connectivity index (χ4v) is 2.64. The van der Waals surface area contributed by atoms with Crippen molar-refractivity contribution in [1.29, 1.82) is 0 Å². The monoisotopic (exact) mass is 330 g/mol. The number of ether oxygens (including phenoxy) is 1. The Kier molecular flexibility index (Phi) is 6.12. The number of nitrogens with zero attached hydrogens (tertiary/aromatic N) is 1. The Morgan fingerprint density at radius 2 is 2.04 bits per heavy atom. The second kappa shape index (κ2) is 8.29. The minimum Gasteiger partial charge on any atom is -0.466 e. The van der Waals surface area contributed by atoms with Crippen molar-refractivity contribution in [2.24, 2.45) is 7.05 Å². The average molecular weight is 330 g/mol. The Hall–Kier alpha value is -2.63. The van der Waals surface area contributed by atoms with Crippen LogP contribution in [-0.2, 0) is 16.6 Å². The highest BCUT2D eigenvalue weighted by molar-refractivity contribution is 6.10. The summed E-state index contributed by atoms with van der Waals surface area (Å²) in [4.78, 5) is 35.1. The number of rotatable bonds is 8. The van der Waals surface area contributed by atoms with Crippen molar-refractivity contribution in [3.8, 4) is 0 Å². The molecule has 0 saturated heterocycles. The van der Waals surface area contributed by atoms with E-state index in [1.165, 1.54) is 0 Å². The topological polar surface area (TPSA) is 77.4 Å². The highest BCUT2D eigenvalue weighted by Gasteiger charge is 2.20. The van der Waals surface area contributed by atoms with Crippen molar-refractivity contribution in [3.05, 3.63) is 35.5 Å². The molecule has 0 spiro atoms. The van der Waals surface area contributed by atoms with Gasteiger partial charge in [0.15, 0.2) is 6.29 Å². The maximum Gasteiger partial charge on any atom is 0.305 e. The van der Waals surface area contributed by atoms with Crippen LogP contribution in [0.25, 0.3) is 10.9 Å². The van der Waals surface area contributed by atoms with Gasteiger partial charge in [-0.05, 0) is 18.9 Å². The number of fused-ring (bicyclic) bond motifs is 1. The number of benzene rings is 1. The summed E-state index contributed by atoms with van der Waals surface area (Å²) < 4.78 is 6.75. The van der Waals surface area contributed by atoms with E-state index in [0.29, 0.717) is 36.9 Å². The van der Waals surface area contributed by atoms with Gasteiger partial charge >= 0.3 is 5.97 Å². The molecule has 1 aromatic carbocycles. The fraction of sp³-hybridized carbons (Fsp3) is 0.389. The van der Waals surface area contributed by atoms with Crippen LogP contribution >= 0.6 is 0 Å². The molecule has 0 aliphatic heterocycles. The Balaban J connectivity index is 1.98. The van der Waals surface area contributed by atoms with Gasteiger partial charge in [0.2, 0.25) is 0 Å². The Morgan fingerprint density at radius 1 is 1.29 bits per heavy atom. The van der Waals surface area contributed by atoms with Gasteiger partial charge in [-0.25, -0.2) is 0 Å². The summed E-state index contributed by atoms with van der Waals surface area (Å²) in [7, 11) is 1.76. The van der Waals surface area contributed by atoms with Crippen LogP contribution in [0, 0.1) is 0 Å². The van der Waals surface area contributed by atoms with Crippen LogP contribution in [0.2, 0.25) is 0 Å². The third kappa shape index (κ3) is 3.82. The van der Waals surface area contributed by atoms with Gasteiger partial charge in [-0.3, -0.25) is 14.4 Å². The van der Waals surface area contributed by atoms with Crippen LogP contribution in [0.4, 0.5) is 0 Å². The van der Waals surface area contributed by atoms with E-state index in [-0.39, 0.29) is 18.5 Å². The Morgan fingerprint density at radius 3 is 2.75 bits per heavy atom. The lowest BCUT2D eigenvalue weighted by Crippen LogP contribution is -2.28. The number of carbonyl (C=O) groups is 3. The first kappa shape index (κ1) is 17.7. The molecule has 24 heavy (non-hydrogen) atoms. The molecule has 2 rings (SSSR count). The van der Waals surface area contributed by atoms with Gasteiger partial charge in [-0.2, -0.15) is 0 Å². The molecule has 1 aromatic heterocycles. The highest BCUT2D eigenvalue weighted by atomic mass is 16.5. The van der Waals surface area contributed by atoms with Crippen LogP contribution in [0.15, 0.2) is 24.3 Å². The van der Waals surface area contributed by atoms with E-state index in [2.05, 4.69) is 5.32 Å². The number of hydrogen-bond donors (Lipinski definition) is 1. The van der Waals surface area contributed by atoms with Crippen molar-refractivity contribution >= 4 is 29.1 Å². The number of esters is 1. The van der Waals surface area contributed by atoms with Crippen molar-refractivity contribution in [1.82, 2.24) is 9.88 Å². The average Bonchev–Trinajstić information content (AvgIpc) is 2.87. The van der Waals surface area contributed by atoms with Crippen LogP contribution in [0.5, 0.6) is 0 Å². The molecule has 6 nitrogen and oxygen atoms in total. The lowest BCUT2D eigenvalue weighted by atomic mass is 10.1. The summed E-state index contributed by atoms with van der Waals surface area (Å²) in [5, 5.41) is 3.53. The molecular weight excluding hydrogens is 308 g/mol. The summed E-state index contributed by atoms with van der Waals surface area (Å²) in [5.41, 5.74) is 1.56. The first-order valence-corrected chi connectivity index (χ1v) is 8.06. The second-order valence-electron chi connectivity index (χ2n) is 5.54. The SMILES string of the molecule is CCCC(=O)OCCCNC(=O)c1c(C=O)c2ccccc2n1C. The van der Waals surface area contributed by atoms with E-state index < -0.39 is 0 Å². The minimum atomic E-state index is -0.310. The van der Waals surface area contributed by atoms with Crippen LogP contribution in [-0.4, -0.2) is 35.9 Å². The van der Waals surface area contributed by atoms with Gasteiger partial charge in [0.05, 0.1) is 12.2 Å². The molecule has 1 N–H and O–H groups in total. The van der Waals surface area contributed by atoms with E-state index in [1.807, 2.05) is 31.2 Å². The molecular formula is C18H22N2O4. The summed E-state index contributed by atoms with van der Waals surface area (Å²) in [6, 6.07) is 7.39. The molecule has 0 aliphatic rings. The second-order valence-corrected chi connectivity index (χ2v) is 5.54. The third-order valence-electron chi connectivity index (χ3n) is 3.80. The fourth-order valence-electron chi connectivity index (χ4n) is 2.64. The summed E-state index contributed by atoms with van der Waals surface area (Å²) in [6.07, 6.45) is 2.40. The first-order valence-electron chi connectivity index (χ1n) is 8.06. The molecule has 0 atom stereocenters. The first-order chi connectivity index (χ1) is 11.6. The number of para-hydroxylation sites is 1. The van der Waals surface area contributed by atoms with Crippen LogP contribution < -0.4 is 5.32 Å². The smallest absolute Gasteiger partial charge is 0.305 e. The zero-order valence-electron chi connectivity index (χ0n) is 14.0. The largest absolute Gasteiger partial charge is 0.466 e. The molecule has 0 fully saturated rings. The molecule has 1 amide bonds. The number of nitrogens with one attached hydrogen (secondary N) is 1. The van der Waals surface area contributed by atoms with E-state index in [4.69, 9.17) is 4.74 Å². The van der Waals surface area contributed by atoms with Gasteiger partial charge in [0.1, 0.15) is 5.69 Å². The molecule has 6 heteroatoms. The molecule has 1 heterocycles. The molecule has 0 aliphatic carbocycles. The zero-order chi connectivity index (χ0) is 17.5. The molecule has 2 aromatic rings. The number of carbonyl (C=O) groups excluding carboxylic acids is 3. The van der Waals surface area contributed by atoms with Crippen molar-refractivity contribution in [2.45, 2.75) is 26.2 Å². The molecule has 128 valence electrons. The van der Waals surface area contributed by atoms with Gasteiger partial charge in [-0.15, -0.1) is 0 Å². The predicted octanol–water partition coefficient (Wildman–Crippen LogP) is 2.45. The van der Waals surface area contributed by atoms with E-state index in [1.54, 1.807) is 11.6 Å². The van der Waals surface area contributed by atoms with Gasteiger partial charge in [-0.1, -0.05) is 25.1 Å². The summed E-state index contributed by atoms with van der Waals surface area (Å²) in [6.45, 7) is 2.56. The molecule has 0 unspecified atom stereocenters. The number of aryl methyl sites for hydroxylation is 1. The number of hydrogen-bond acceptors (Lipinski definition) is 4. The quantitative estimate of drug-likeness (QED) is 0.458. The highest BCUT2D eigenvalue weighted by Crippen LogP contribution is 2.23. The van der Waals surface area contributed by atoms with Crippen molar-refractivity contribution in [2.75, 3.05) is 13.2 Å². The van der Waals surface area contributed by atoms with Gasteiger partial charge in [0, 0.05) is 30.9 Å². The maximum atomic E-state index is 12.4. The number of amides is 1. The standard InChI is InChI=1S/C18H22N2O4/c1-3-7-16(22)24-11-6-10-19-18(23)17-14(12-21)13-8-4-5-9-15(13)20(17)2/h4-5,8-9,12H,3,6-7,10-11H2,1-2H3,(H,19,23). The maximum absolute atomic E-state index is 12.4. The Labute approximate surface area is 140 Å². The van der Waals surface area contributed by atoms with Gasteiger partial charge < -0.3 is 14.6 Å². The summed E-state index contributed by atoms with van der Waals surface area (Å²) >= 11 is 0.